The van der Waals surface area contributed by atoms with E-state index in [4.69, 9.17) is 4.74 Å². The minimum Gasteiger partial charge on any atom is -0.491 e. The Hall–Kier alpha value is -2.17. The van der Waals surface area contributed by atoms with Gasteiger partial charge in [-0.1, -0.05) is 51.1 Å². The van der Waals surface area contributed by atoms with Crippen LogP contribution in [0.15, 0.2) is 54.6 Å². The van der Waals surface area contributed by atoms with E-state index in [0.29, 0.717) is 40.3 Å². The van der Waals surface area contributed by atoms with Gasteiger partial charge in [-0.05, 0) is 54.4 Å². The maximum atomic E-state index is 12.5. The van der Waals surface area contributed by atoms with Gasteiger partial charge in [-0.2, -0.15) is 0 Å². The third-order valence-corrected chi connectivity index (χ3v) is 6.56. The fourth-order valence-corrected chi connectivity index (χ4v) is 5.76. The molecule has 0 spiro atoms. The summed E-state index contributed by atoms with van der Waals surface area (Å²) in [5.74, 6) is 0.672. The third kappa shape index (κ3) is 4.76. The van der Waals surface area contributed by atoms with Gasteiger partial charge in [0.2, 0.25) is 0 Å². The molecule has 30 heavy (non-hydrogen) atoms. The van der Waals surface area contributed by atoms with Crippen LogP contribution in [0.25, 0.3) is 0 Å². The molecule has 4 rings (SSSR count). The molecule has 2 fully saturated rings. The normalized spacial score (nSPS) is 26.3. The highest BCUT2D eigenvalue weighted by atomic mass is 16.5. The second-order valence-corrected chi connectivity index (χ2v) is 10.3. The Morgan fingerprint density at radius 1 is 1.07 bits per heavy atom. The molecular formula is C26H33NO3. The summed E-state index contributed by atoms with van der Waals surface area (Å²) in [6.07, 6.45) is 3.17. The van der Waals surface area contributed by atoms with Gasteiger partial charge < -0.3 is 9.84 Å². The number of likely N-dealkylation sites (tertiary alicyclic amines) is 1. The molecule has 3 atom stereocenters. The van der Waals surface area contributed by atoms with E-state index in [1.165, 1.54) is 19.3 Å². The molecule has 0 unspecified atom stereocenters. The number of ether oxygens (including phenoxy) is 1. The molecule has 4 nitrogen and oxygen atoms in total. The predicted molar refractivity (Wildman–Crippen MR) is 119 cm³/mol. The quantitative estimate of drug-likeness (QED) is 0.684. The second-order valence-electron chi connectivity index (χ2n) is 10.3. The molecule has 1 aliphatic carbocycles. The van der Waals surface area contributed by atoms with Crippen LogP contribution in [-0.4, -0.2) is 47.6 Å². The molecular weight excluding hydrogens is 374 g/mol. The fourth-order valence-electron chi connectivity index (χ4n) is 5.76. The van der Waals surface area contributed by atoms with Crippen molar-refractivity contribution in [2.45, 2.75) is 52.2 Å². The number of ketones is 1. The van der Waals surface area contributed by atoms with Gasteiger partial charge in [0.05, 0.1) is 0 Å². The van der Waals surface area contributed by atoms with Gasteiger partial charge in [0.25, 0.3) is 0 Å². The van der Waals surface area contributed by atoms with Crippen molar-refractivity contribution >= 4 is 5.78 Å². The summed E-state index contributed by atoms with van der Waals surface area (Å²) in [6, 6.07) is 17.0. The molecule has 1 saturated carbocycles. The van der Waals surface area contributed by atoms with Gasteiger partial charge in [0, 0.05) is 30.3 Å². The lowest BCUT2D eigenvalue weighted by molar-refractivity contribution is 0.0584. The van der Waals surface area contributed by atoms with Crippen LogP contribution in [0.3, 0.4) is 0 Å². The van der Waals surface area contributed by atoms with Crippen molar-refractivity contribution in [3.63, 3.8) is 0 Å². The zero-order valence-corrected chi connectivity index (χ0v) is 18.3. The van der Waals surface area contributed by atoms with Gasteiger partial charge in [-0.15, -0.1) is 0 Å². The topological polar surface area (TPSA) is 49.8 Å². The Labute approximate surface area is 179 Å². The highest BCUT2D eigenvalue weighted by molar-refractivity contribution is 6.08. The molecule has 2 bridgehead atoms. The molecule has 1 N–H and O–H groups in total. The Kier molecular flexibility index (Phi) is 5.73. The van der Waals surface area contributed by atoms with Crippen LogP contribution in [0.4, 0.5) is 0 Å². The van der Waals surface area contributed by atoms with Crippen molar-refractivity contribution in [2.75, 3.05) is 19.7 Å². The average Bonchev–Trinajstić information content (AvgIpc) is 2.94. The third-order valence-electron chi connectivity index (χ3n) is 6.56. The van der Waals surface area contributed by atoms with Gasteiger partial charge in [-0.3, -0.25) is 9.69 Å². The molecule has 0 radical (unpaired) electrons. The summed E-state index contributed by atoms with van der Waals surface area (Å²) in [5.41, 5.74) is 2.06. The first-order chi connectivity index (χ1) is 14.2. The fraction of sp³-hybridized carbons (Fsp3) is 0.500. The lowest BCUT2D eigenvalue weighted by Crippen LogP contribution is -2.39. The second kappa shape index (κ2) is 8.16. The molecule has 2 aliphatic rings. The van der Waals surface area contributed by atoms with Crippen LogP contribution in [0.5, 0.6) is 5.75 Å². The smallest absolute Gasteiger partial charge is 0.193 e. The number of β-amino-alcohol motifs (C(OH)–C–C–N with tert-alkyl or cyclic N) is 1. The molecule has 160 valence electrons. The van der Waals surface area contributed by atoms with Crippen LogP contribution >= 0.6 is 0 Å². The number of carbonyl (C=O) groups is 1. The molecule has 1 saturated heterocycles. The van der Waals surface area contributed by atoms with E-state index in [1.807, 2.05) is 30.3 Å². The monoisotopic (exact) mass is 407 g/mol. The summed E-state index contributed by atoms with van der Waals surface area (Å²) in [4.78, 5) is 15.0. The first-order valence-corrected chi connectivity index (χ1v) is 11.0. The zero-order chi connectivity index (χ0) is 21.4. The lowest BCUT2D eigenvalue weighted by Gasteiger charge is -2.40. The standard InChI is InChI=1S/C26H33NO3/c1-25(2)13-21-14-26(3,17-25)18-27(21)15-22(28)16-30-23-11-9-20(10-12-23)24(29)19-7-5-4-6-8-19/h4-12,21-22,28H,13-18H2,1-3H3/t21-,22-,26-/m0/s1. The lowest BCUT2D eigenvalue weighted by atomic mass is 9.65. The summed E-state index contributed by atoms with van der Waals surface area (Å²) >= 11 is 0. The Bertz CT molecular complexity index is 877. The maximum Gasteiger partial charge on any atom is 0.193 e. The molecule has 1 heterocycles. The summed E-state index contributed by atoms with van der Waals surface area (Å²) in [5, 5.41) is 10.6. The van der Waals surface area contributed by atoms with Crippen molar-refractivity contribution < 1.29 is 14.6 Å². The Morgan fingerprint density at radius 3 is 2.43 bits per heavy atom. The number of aliphatic hydroxyl groups excluding tert-OH is 1. The number of nitrogens with zero attached hydrogens (tertiary/aromatic N) is 1. The van der Waals surface area contributed by atoms with Crippen molar-refractivity contribution in [3.8, 4) is 5.75 Å². The van der Waals surface area contributed by atoms with E-state index >= 15 is 0 Å². The van der Waals surface area contributed by atoms with E-state index < -0.39 is 6.10 Å². The van der Waals surface area contributed by atoms with Gasteiger partial charge in [0.1, 0.15) is 18.5 Å². The molecule has 0 aromatic heterocycles. The number of hydrogen-bond acceptors (Lipinski definition) is 4. The molecule has 1 aliphatic heterocycles. The number of hydrogen-bond donors (Lipinski definition) is 1. The van der Waals surface area contributed by atoms with E-state index in [-0.39, 0.29) is 12.4 Å². The first-order valence-electron chi connectivity index (χ1n) is 11.0. The van der Waals surface area contributed by atoms with Crippen LogP contribution in [0.1, 0.15) is 56.0 Å². The minimum atomic E-state index is -0.526. The molecule has 2 aromatic rings. The van der Waals surface area contributed by atoms with Gasteiger partial charge in [-0.25, -0.2) is 0 Å². The van der Waals surface area contributed by atoms with E-state index in [1.54, 1.807) is 24.3 Å². The minimum absolute atomic E-state index is 0.00115. The number of aliphatic hydroxyl groups is 1. The van der Waals surface area contributed by atoms with Crippen molar-refractivity contribution in [3.05, 3.63) is 65.7 Å². The van der Waals surface area contributed by atoms with Crippen molar-refractivity contribution in [1.82, 2.24) is 4.90 Å². The molecule has 2 aromatic carbocycles. The Balaban J connectivity index is 1.29. The largest absolute Gasteiger partial charge is 0.491 e. The number of benzene rings is 2. The van der Waals surface area contributed by atoms with Crippen LogP contribution in [0.2, 0.25) is 0 Å². The van der Waals surface area contributed by atoms with E-state index in [0.717, 1.165) is 6.54 Å². The van der Waals surface area contributed by atoms with E-state index in [2.05, 4.69) is 25.7 Å². The SMILES string of the molecule is CC1(C)C[C@H]2C[C@](C)(CN2C[C@H](O)COc2ccc(C(=O)c3ccccc3)cc2)C1. The van der Waals surface area contributed by atoms with Crippen LogP contribution in [-0.2, 0) is 0 Å². The number of rotatable bonds is 7. The maximum absolute atomic E-state index is 12.5. The Morgan fingerprint density at radius 2 is 1.73 bits per heavy atom. The number of carbonyl (C=O) groups excluding carboxylic acids is 1. The highest BCUT2D eigenvalue weighted by Gasteiger charge is 2.49. The van der Waals surface area contributed by atoms with Crippen molar-refractivity contribution in [1.29, 1.82) is 0 Å². The summed E-state index contributed by atoms with van der Waals surface area (Å²) in [6.45, 7) is 9.10. The highest BCUT2D eigenvalue weighted by Crippen LogP contribution is 2.52. The van der Waals surface area contributed by atoms with Crippen LogP contribution < -0.4 is 4.74 Å². The summed E-state index contributed by atoms with van der Waals surface area (Å²) < 4.78 is 5.81. The average molecular weight is 408 g/mol. The number of fused-ring (bicyclic) bond motifs is 2. The van der Waals surface area contributed by atoms with Gasteiger partial charge in [0.15, 0.2) is 5.78 Å². The zero-order valence-electron chi connectivity index (χ0n) is 18.3. The first kappa shape index (κ1) is 21.1. The van der Waals surface area contributed by atoms with Crippen molar-refractivity contribution in [2.24, 2.45) is 10.8 Å². The molecule has 0 amide bonds. The van der Waals surface area contributed by atoms with E-state index in [9.17, 15) is 9.90 Å². The van der Waals surface area contributed by atoms with Crippen LogP contribution in [0, 0.1) is 10.8 Å². The summed E-state index contributed by atoms with van der Waals surface area (Å²) in [7, 11) is 0. The molecule has 4 heteroatoms. The predicted octanol–water partition coefficient (Wildman–Crippen LogP) is 4.56. The van der Waals surface area contributed by atoms with Gasteiger partial charge >= 0.3 is 0 Å².